The van der Waals surface area contributed by atoms with Gasteiger partial charge >= 0.3 is 0 Å². The largest absolute Gasteiger partial charge is 0.310 e. The fourth-order valence-electron chi connectivity index (χ4n) is 2.26. The molecule has 0 spiro atoms. The fourth-order valence-corrected chi connectivity index (χ4v) is 2.84. The number of carbonyl (C=O) groups excluding carboxylic acids is 1. The molecule has 1 amide bonds. The highest BCUT2D eigenvalue weighted by atomic mass is 79.9. The van der Waals surface area contributed by atoms with Gasteiger partial charge in [-0.25, -0.2) is 0 Å². The van der Waals surface area contributed by atoms with Gasteiger partial charge in [0.1, 0.15) is 0 Å². The zero-order valence-corrected chi connectivity index (χ0v) is 12.7. The number of hydrogen-bond donors (Lipinski definition) is 1. The number of nitrogens with zero attached hydrogens (tertiary/aromatic N) is 2. The molecule has 1 aromatic rings. The molecule has 2 rings (SSSR count). The molecule has 1 unspecified atom stereocenters. The van der Waals surface area contributed by atoms with Crippen molar-refractivity contribution in [2.24, 2.45) is 0 Å². The first-order valence-electron chi connectivity index (χ1n) is 6.53. The number of halogens is 1. The minimum atomic E-state index is -0.452. The lowest BCUT2D eigenvalue weighted by atomic mass is 10.2. The number of carbonyl (C=O) groups is 1. The molecule has 1 N–H and O–H groups in total. The predicted octanol–water partition coefficient (Wildman–Crippen LogP) is 2.46. The molecule has 1 atom stereocenters. The summed E-state index contributed by atoms with van der Waals surface area (Å²) in [6.07, 6.45) is 1.73. The Hall–Kier alpha value is -1.47. The molecule has 20 heavy (non-hydrogen) atoms. The average molecular weight is 342 g/mol. The van der Waals surface area contributed by atoms with Gasteiger partial charge in [-0.3, -0.25) is 14.9 Å². The third-order valence-electron chi connectivity index (χ3n) is 3.28. The Labute approximate surface area is 125 Å². The van der Waals surface area contributed by atoms with Gasteiger partial charge in [0.05, 0.1) is 16.7 Å². The van der Waals surface area contributed by atoms with Crippen LogP contribution in [0, 0.1) is 10.1 Å². The zero-order valence-electron chi connectivity index (χ0n) is 11.1. The minimum absolute atomic E-state index is 0.00734. The summed E-state index contributed by atoms with van der Waals surface area (Å²) < 4.78 is 0.566. The number of rotatable bonds is 5. The van der Waals surface area contributed by atoms with E-state index < -0.39 is 4.92 Å². The molecular formula is C13H16BrN3O3. The van der Waals surface area contributed by atoms with Crippen molar-refractivity contribution in [3.8, 4) is 0 Å². The van der Waals surface area contributed by atoms with Gasteiger partial charge in [-0.2, -0.15) is 0 Å². The van der Waals surface area contributed by atoms with E-state index in [-0.39, 0.29) is 17.6 Å². The number of anilines is 1. The number of benzene rings is 1. The fraction of sp³-hybridized carbons (Fsp3) is 0.462. The van der Waals surface area contributed by atoms with Gasteiger partial charge in [-0.1, -0.05) is 6.92 Å². The summed E-state index contributed by atoms with van der Waals surface area (Å²) in [6, 6.07) is 4.30. The van der Waals surface area contributed by atoms with Crippen molar-refractivity contribution in [1.82, 2.24) is 5.32 Å². The molecule has 0 aliphatic carbocycles. The van der Waals surface area contributed by atoms with Gasteiger partial charge in [0, 0.05) is 23.2 Å². The lowest BCUT2D eigenvalue weighted by Gasteiger charge is -2.18. The summed E-state index contributed by atoms with van der Waals surface area (Å²) in [5.74, 6) is 0.0213. The Morgan fingerprint density at radius 2 is 2.30 bits per heavy atom. The first-order chi connectivity index (χ1) is 9.54. The van der Waals surface area contributed by atoms with E-state index in [2.05, 4.69) is 28.2 Å². The van der Waals surface area contributed by atoms with E-state index in [0.717, 1.165) is 19.4 Å². The van der Waals surface area contributed by atoms with Crippen LogP contribution in [-0.4, -0.2) is 30.0 Å². The van der Waals surface area contributed by atoms with Crippen LogP contribution in [0.3, 0.4) is 0 Å². The maximum absolute atomic E-state index is 12.3. The third-order valence-corrected chi connectivity index (χ3v) is 3.91. The van der Waals surface area contributed by atoms with Crippen LogP contribution in [0.4, 0.5) is 11.4 Å². The molecule has 108 valence electrons. The minimum Gasteiger partial charge on any atom is -0.310 e. The van der Waals surface area contributed by atoms with Crippen LogP contribution in [0.1, 0.15) is 19.8 Å². The van der Waals surface area contributed by atoms with E-state index in [1.807, 2.05) is 0 Å². The smallest absolute Gasteiger partial charge is 0.270 e. The average Bonchev–Trinajstić information content (AvgIpc) is 2.77. The molecule has 0 aromatic heterocycles. The summed E-state index contributed by atoms with van der Waals surface area (Å²) in [5, 5.41) is 13.9. The highest BCUT2D eigenvalue weighted by Crippen LogP contribution is 2.32. The summed E-state index contributed by atoms with van der Waals surface area (Å²) in [6.45, 7) is 3.49. The number of hydrogen-bond acceptors (Lipinski definition) is 4. The van der Waals surface area contributed by atoms with Gasteiger partial charge in [0.25, 0.3) is 5.69 Å². The normalized spacial score (nSPS) is 18.6. The summed E-state index contributed by atoms with van der Waals surface area (Å²) in [5.41, 5.74) is 0.689. The van der Waals surface area contributed by atoms with Crippen molar-refractivity contribution in [3.05, 3.63) is 32.8 Å². The van der Waals surface area contributed by atoms with Crippen LogP contribution >= 0.6 is 15.9 Å². The Bertz CT molecular complexity index is 536. The Kier molecular flexibility index (Phi) is 4.72. The number of non-ortho nitro benzene ring substituents is 1. The first kappa shape index (κ1) is 14.9. The molecule has 7 heteroatoms. The van der Waals surface area contributed by atoms with Crippen LogP contribution in [-0.2, 0) is 4.79 Å². The molecular weight excluding hydrogens is 326 g/mol. The quantitative estimate of drug-likeness (QED) is 0.659. The first-order valence-corrected chi connectivity index (χ1v) is 7.32. The van der Waals surface area contributed by atoms with Gasteiger partial charge in [-0.15, -0.1) is 0 Å². The van der Waals surface area contributed by atoms with Gasteiger partial charge in [0.2, 0.25) is 5.91 Å². The van der Waals surface area contributed by atoms with Crippen molar-refractivity contribution in [2.75, 3.05) is 18.0 Å². The monoisotopic (exact) mass is 341 g/mol. The van der Waals surface area contributed by atoms with Crippen LogP contribution in [0.25, 0.3) is 0 Å². The molecule has 0 saturated carbocycles. The second-order valence-corrected chi connectivity index (χ2v) is 5.53. The molecule has 0 radical (unpaired) electrons. The molecule has 1 aliphatic heterocycles. The molecule has 0 bridgehead atoms. The lowest BCUT2D eigenvalue weighted by Crippen LogP contribution is -2.38. The van der Waals surface area contributed by atoms with Crippen molar-refractivity contribution >= 4 is 33.2 Å². The number of nitro groups is 1. The van der Waals surface area contributed by atoms with Crippen LogP contribution in [0.15, 0.2) is 22.7 Å². The molecule has 1 aliphatic rings. The van der Waals surface area contributed by atoms with Gasteiger partial charge in [-0.05, 0) is 41.4 Å². The maximum atomic E-state index is 12.3. The van der Waals surface area contributed by atoms with Crippen molar-refractivity contribution in [2.45, 2.75) is 25.8 Å². The van der Waals surface area contributed by atoms with E-state index in [1.54, 1.807) is 11.0 Å². The Morgan fingerprint density at radius 1 is 1.55 bits per heavy atom. The summed E-state index contributed by atoms with van der Waals surface area (Å²) in [7, 11) is 0. The zero-order chi connectivity index (χ0) is 14.7. The van der Waals surface area contributed by atoms with Crippen molar-refractivity contribution in [3.63, 3.8) is 0 Å². The Balaban J connectivity index is 2.17. The topological polar surface area (TPSA) is 75.5 Å². The summed E-state index contributed by atoms with van der Waals surface area (Å²) in [4.78, 5) is 24.2. The van der Waals surface area contributed by atoms with E-state index in [1.165, 1.54) is 12.1 Å². The van der Waals surface area contributed by atoms with E-state index >= 15 is 0 Å². The van der Waals surface area contributed by atoms with Crippen LogP contribution < -0.4 is 10.2 Å². The van der Waals surface area contributed by atoms with E-state index in [4.69, 9.17) is 0 Å². The van der Waals surface area contributed by atoms with Crippen LogP contribution in [0.2, 0.25) is 0 Å². The lowest BCUT2D eigenvalue weighted by molar-refractivity contribution is -0.384. The second-order valence-electron chi connectivity index (χ2n) is 4.68. The Morgan fingerprint density at radius 3 is 2.90 bits per heavy atom. The molecule has 1 heterocycles. The SMILES string of the molecule is CCCNC1CCN(c2ccc([N+](=O)[O-])cc2Br)C1=O. The number of nitrogens with one attached hydrogen (secondary N) is 1. The van der Waals surface area contributed by atoms with Crippen molar-refractivity contribution in [1.29, 1.82) is 0 Å². The highest BCUT2D eigenvalue weighted by Gasteiger charge is 2.33. The van der Waals surface area contributed by atoms with Gasteiger partial charge in [0.15, 0.2) is 0 Å². The van der Waals surface area contributed by atoms with E-state index in [0.29, 0.717) is 16.7 Å². The third kappa shape index (κ3) is 2.99. The highest BCUT2D eigenvalue weighted by molar-refractivity contribution is 9.10. The predicted molar refractivity (Wildman–Crippen MR) is 79.8 cm³/mol. The molecule has 1 aromatic carbocycles. The number of nitro benzene ring substituents is 1. The van der Waals surface area contributed by atoms with Crippen LogP contribution in [0.5, 0.6) is 0 Å². The molecule has 1 fully saturated rings. The van der Waals surface area contributed by atoms with Gasteiger partial charge < -0.3 is 10.2 Å². The summed E-state index contributed by atoms with van der Waals surface area (Å²) >= 11 is 3.31. The maximum Gasteiger partial charge on any atom is 0.270 e. The standard InChI is InChI=1S/C13H16BrN3O3/c1-2-6-15-11-5-7-16(13(11)18)12-4-3-9(17(19)20)8-10(12)14/h3-4,8,11,15H,2,5-7H2,1H3. The number of amides is 1. The van der Waals surface area contributed by atoms with E-state index in [9.17, 15) is 14.9 Å². The molecule has 1 saturated heterocycles. The molecule has 6 nitrogen and oxygen atoms in total. The second kappa shape index (κ2) is 6.32. The van der Waals surface area contributed by atoms with Crippen molar-refractivity contribution < 1.29 is 9.72 Å².